The van der Waals surface area contributed by atoms with E-state index < -0.39 is 29.1 Å². The van der Waals surface area contributed by atoms with Crippen LogP contribution >= 0.6 is 0 Å². The van der Waals surface area contributed by atoms with Crippen molar-refractivity contribution in [2.24, 2.45) is 0 Å². The number of aromatic nitrogens is 1. The molecule has 0 spiro atoms. The molecule has 0 aliphatic heterocycles. The number of alkyl halides is 3. The van der Waals surface area contributed by atoms with Crippen molar-refractivity contribution in [2.75, 3.05) is 0 Å². The maximum atomic E-state index is 13.9. The Balaban J connectivity index is 2.05. The van der Waals surface area contributed by atoms with Gasteiger partial charge in [-0.25, -0.2) is 4.39 Å². The van der Waals surface area contributed by atoms with Gasteiger partial charge in [0.05, 0.1) is 0 Å². The number of hydrogen-bond acceptors (Lipinski definition) is 2. The second-order valence-electron chi connectivity index (χ2n) is 6.29. The van der Waals surface area contributed by atoms with E-state index in [2.05, 4.69) is 4.98 Å². The van der Waals surface area contributed by atoms with Crippen molar-refractivity contribution in [2.45, 2.75) is 31.4 Å². The van der Waals surface area contributed by atoms with Crippen LogP contribution in [0.4, 0.5) is 17.6 Å². The monoisotopic (exact) mass is 365 g/mol. The number of hydrogen-bond donors (Lipinski definition) is 1. The van der Waals surface area contributed by atoms with Crippen LogP contribution in [0.5, 0.6) is 0 Å². The molecule has 0 saturated carbocycles. The Hall–Kier alpha value is -2.70. The van der Waals surface area contributed by atoms with Gasteiger partial charge in [0.1, 0.15) is 16.9 Å². The predicted octanol–water partition coefficient (Wildman–Crippen LogP) is 4.75. The summed E-state index contributed by atoms with van der Waals surface area (Å²) in [7, 11) is 0. The van der Waals surface area contributed by atoms with Gasteiger partial charge in [-0.3, -0.25) is 9.78 Å². The lowest BCUT2D eigenvalue weighted by Gasteiger charge is -2.24. The molecule has 0 amide bonds. The van der Waals surface area contributed by atoms with Gasteiger partial charge >= 0.3 is 12.1 Å². The minimum Gasteiger partial charge on any atom is -0.480 e. The number of aliphatic carboxylic acids is 1. The third-order valence-electron chi connectivity index (χ3n) is 4.76. The maximum absolute atomic E-state index is 13.9. The van der Waals surface area contributed by atoms with E-state index in [0.717, 1.165) is 12.3 Å². The Morgan fingerprint density at radius 2 is 1.96 bits per heavy atom. The first kappa shape index (κ1) is 18.1. The normalized spacial score (nSPS) is 20.1. The van der Waals surface area contributed by atoms with Crippen molar-refractivity contribution >= 4 is 11.5 Å². The van der Waals surface area contributed by atoms with Crippen LogP contribution in [0, 0.1) is 12.7 Å². The standard InChI is InChI=1S/C19H15F4NO2/c1-11-14(3-2-4-15(11)20)18(17(25)26)8-7-12(9-18)13-5-6-16(24-10-13)19(21,22)23/h2-6,9-10H,7-8H2,1H3,(H,25,26)/t18-/m0/s1. The Morgan fingerprint density at radius 1 is 1.23 bits per heavy atom. The van der Waals surface area contributed by atoms with Crippen LogP contribution in [-0.2, 0) is 16.4 Å². The number of carboxylic acid groups (broad SMARTS) is 1. The van der Waals surface area contributed by atoms with Crippen molar-refractivity contribution in [1.82, 2.24) is 4.98 Å². The third-order valence-corrected chi connectivity index (χ3v) is 4.76. The fraction of sp³-hybridized carbons (Fsp3) is 0.263. The van der Waals surface area contributed by atoms with E-state index in [1.54, 1.807) is 6.07 Å². The maximum Gasteiger partial charge on any atom is 0.433 e. The number of carbonyl (C=O) groups is 1. The van der Waals surface area contributed by atoms with Gasteiger partial charge in [0.25, 0.3) is 0 Å². The minimum atomic E-state index is -4.54. The average Bonchev–Trinajstić information content (AvgIpc) is 3.03. The smallest absolute Gasteiger partial charge is 0.433 e. The molecule has 1 heterocycles. The topological polar surface area (TPSA) is 50.2 Å². The summed E-state index contributed by atoms with van der Waals surface area (Å²) in [4.78, 5) is 15.4. The second kappa shape index (κ2) is 6.23. The Morgan fingerprint density at radius 3 is 2.54 bits per heavy atom. The molecule has 1 aliphatic carbocycles. The molecule has 1 aromatic carbocycles. The van der Waals surface area contributed by atoms with Gasteiger partial charge in [0.15, 0.2) is 0 Å². The van der Waals surface area contributed by atoms with Crippen LogP contribution in [0.15, 0.2) is 42.6 Å². The summed E-state index contributed by atoms with van der Waals surface area (Å²) in [6, 6.07) is 6.42. The molecule has 0 fully saturated rings. The molecule has 7 heteroatoms. The first-order chi connectivity index (χ1) is 12.1. The summed E-state index contributed by atoms with van der Waals surface area (Å²) in [5.74, 6) is -1.62. The quantitative estimate of drug-likeness (QED) is 0.799. The van der Waals surface area contributed by atoms with E-state index >= 15 is 0 Å². The number of nitrogens with zero attached hydrogens (tertiary/aromatic N) is 1. The second-order valence-corrected chi connectivity index (χ2v) is 6.29. The van der Waals surface area contributed by atoms with Crippen molar-refractivity contribution in [3.8, 4) is 0 Å². The molecule has 1 aromatic heterocycles. The van der Waals surface area contributed by atoms with Gasteiger partial charge < -0.3 is 5.11 Å². The molecular formula is C19H15F4NO2. The summed E-state index contributed by atoms with van der Waals surface area (Å²) >= 11 is 0. The molecule has 1 atom stereocenters. The fourth-order valence-corrected chi connectivity index (χ4v) is 3.34. The summed E-state index contributed by atoms with van der Waals surface area (Å²) in [6.07, 6.45) is -1.41. The van der Waals surface area contributed by atoms with Crippen molar-refractivity contribution in [3.63, 3.8) is 0 Å². The highest BCUT2D eigenvalue weighted by molar-refractivity contribution is 5.90. The zero-order chi connectivity index (χ0) is 19.1. The van der Waals surface area contributed by atoms with Gasteiger partial charge in [-0.05, 0) is 54.2 Å². The van der Waals surface area contributed by atoms with Gasteiger partial charge in [0.2, 0.25) is 0 Å². The first-order valence-electron chi connectivity index (χ1n) is 7.89. The van der Waals surface area contributed by atoms with E-state index in [1.807, 2.05) is 0 Å². The van der Waals surface area contributed by atoms with E-state index in [-0.39, 0.29) is 12.0 Å². The fourth-order valence-electron chi connectivity index (χ4n) is 3.34. The number of allylic oxidation sites excluding steroid dienone is 1. The van der Waals surface area contributed by atoms with Crippen LogP contribution in [0.3, 0.4) is 0 Å². The highest BCUT2D eigenvalue weighted by Gasteiger charge is 2.43. The molecule has 1 aliphatic rings. The lowest BCUT2D eigenvalue weighted by Crippen LogP contribution is -2.32. The number of halogens is 4. The zero-order valence-corrected chi connectivity index (χ0v) is 13.8. The summed E-state index contributed by atoms with van der Waals surface area (Å²) in [5, 5.41) is 9.82. The SMILES string of the molecule is Cc1c(F)cccc1[C@@]1(C(=O)O)C=C(c2ccc(C(F)(F)F)nc2)CC1. The van der Waals surface area contributed by atoms with Gasteiger partial charge in [-0.15, -0.1) is 0 Å². The first-order valence-corrected chi connectivity index (χ1v) is 7.89. The molecule has 26 heavy (non-hydrogen) atoms. The Bertz CT molecular complexity index is 887. The van der Waals surface area contributed by atoms with E-state index in [0.29, 0.717) is 23.1 Å². The number of carboxylic acids is 1. The molecule has 3 nitrogen and oxygen atoms in total. The molecule has 0 bridgehead atoms. The molecule has 0 unspecified atom stereocenters. The Kier molecular flexibility index (Phi) is 4.34. The zero-order valence-electron chi connectivity index (χ0n) is 13.8. The molecule has 0 saturated heterocycles. The molecule has 3 rings (SSSR count). The lowest BCUT2D eigenvalue weighted by atomic mass is 9.78. The summed E-state index contributed by atoms with van der Waals surface area (Å²) in [6.45, 7) is 1.51. The van der Waals surface area contributed by atoms with Gasteiger partial charge in [0, 0.05) is 6.20 Å². The Labute approximate surface area is 147 Å². The molecular weight excluding hydrogens is 350 g/mol. The van der Waals surface area contributed by atoms with Crippen LogP contribution in [-0.4, -0.2) is 16.1 Å². The number of rotatable bonds is 3. The largest absolute Gasteiger partial charge is 0.480 e. The van der Waals surface area contributed by atoms with Crippen molar-refractivity contribution in [1.29, 1.82) is 0 Å². The summed E-state index contributed by atoms with van der Waals surface area (Å²) in [5.41, 5.74) is -0.819. The van der Waals surface area contributed by atoms with Crippen molar-refractivity contribution in [3.05, 3.63) is 70.8 Å². The lowest BCUT2D eigenvalue weighted by molar-refractivity contribution is -0.142. The molecule has 2 aromatic rings. The van der Waals surface area contributed by atoms with E-state index in [9.17, 15) is 27.5 Å². The van der Waals surface area contributed by atoms with Gasteiger partial charge in [-0.1, -0.05) is 24.3 Å². The van der Waals surface area contributed by atoms with E-state index in [4.69, 9.17) is 0 Å². The molecule has 0 radical (unpaired) electrons. The van der Waals surface area contributed by atoms with E-state index in [1.165, 1.54) is 31.2 Å². The average molecular weight is 365 g/mol. The molecule has 136 valence electrons. The highest BCUT2D eigenvalue weighted by atomic mass is 19.4. The van der Waals surface area contributed by atoms with Crippen LogP contribution in [0.1, 0.15) is 35.2 Å². The van der Waals surface area contributed by atoms with Crippen LogP contribution < -0.4 is 0 Å². The molecule has 1 N–H and O–H groups in total. The number of pyridine rings is 1. The number of benzene rings is 1. The third kappa shape index (κ3) is 2.98. The summed E-state index contributed by atoms with van der Waals surface area (Å²) < 4.78 is 51.8. The minimum absolute atomic E-state index is 0.197. The van der Waals surface area contributed by atoms with Crippen molar-refractivity contribution < 1.29 is 27.5 Å². The van der Waals surface area contributed by atoms with Crippen LogP contribution in [0.25, 0.3) is 5.57 Å². The highest BCUT2D eigenvalue weighted by Crippen LogP contribution is 2.44. The van der Waals surface area contributed by atoms with Gasteiger partial charge in [-0.2, -0.15) is 13.2 Å². The predicted molar refractivity (Wildman–Crippen MR) is 86.9 cm³/mol. The van der Waals surface area contributed by atoms with Crippen LogP contribution in [0.2, 0.25) is 0 Å².